The van der Waals surface area contributed by atoms with E-state index in [4.69, 9.17) is 16.3 Å². The lowest BCUT2D eigenvalue weighted by Crippen LogP contribution is -2.30. The zero-order chi connectivity index (χ0) is 22.1. The Balaban J connectivity index is 1.47. The van der Waals surface area contributed by atoms with Gasteiger partial charge in [0.2, 0.25) is 0 Å². The van der Waals surface area contributed by atoms with Gasteiger partial charge in [0, 0.05) is 10.7 Å². The Bertz CT molecular complexity index is 1220. The fourth-order valence-corrected chi connectivity index (χ4v) is 3.64. The smallest absolute Gasteiger partial charge is 0.266 e. The number of ether oxygens (including phenoxy) is 1. The molecular formula is C24H19ClN2O4. The van der Waals surface area contributed by atoms with Crippen molar-refractivity contribution in [1.82, 2.24) is 0 Å². The Kier molecular flexibility index (Phi) is 5.48. The van der Waals surface area contributed by atoms with Crippen LogP contribution in [0, 0.1) is 13.8 Å². The summed E-state index contributed by atoms with van der Waals surface area (Å²) in [5.41, 5.74) is 3.30. The Morgan fingerprint density at radius 3 is 2.48 bits per heavy atom. The summed E-state index contributed by atoms with van der Waals surface area (Å²) in [5.74, 6) is -0.520. The van der Waals surface area contributed by atoms with Crippen LogP contribution in [0.4, 0.5) is 11.4 Å². The van der Waals surface area contributed by atoms with Gasteiger partial charge >= 0.3 is 0 Å². The van der Waals surface area contributed by atoms with E-state index in [2.05, 4.69) is 5.32 Å². The first-order valence-electron chi connectivity index (χ1n) is 9.62. The number of nitrogens with one attached hydrogen (secondary N) is 1. The number of carbonyl (C=O) groups is 3. The summed E-state index contributed by atoms with van der Waals surface area (Å²) in [4.78, 5) is 38.9. The molecule has 3 aromatic rings. The number of aryl methyl sites for hydroxylation is 2. The Morgan fingerprint density at radius 1 is 0.968 bits per heavy atom. The van der Waals surface area contributed by atoms with E-state index in [1.165, 1.54) is 6.07 Å². The third-order valence-electron chi connectivity index (χ3n) is 4.93. The number of benzene rings is 3. The highest BCUT2D eigenvalue weighted by atomic mass is 35.5. The summed E-state index contributed by atoms with van der Waals surface area (Å²) in [7, 11) is 0. The molecule has 1 heterocycles. The van der Waals surface area contributed by atoms with E-state index in [1.54, 1.807) is 43.3 Å². The van der Waals surface area contributed by atoms with E-state index in [0.717, 1.165) is 10.5 Å². The second-order valence-corrected chi connectivity index (χ2v) is 7.73. The highest BCUT2D eigenvalue weighted by Gasteiger charge is 2.37. The lowest BCUT2D eigenvalue weighted by molar-refractivity contribution is -0.118. The van der Waals surface area contributed by atoms with E-state index < -0.39 is 11.8 Å². The Morgan fingerprint density at radius 2 is 1.74 bits per heavy atom. The molecule has 3 aromatic carbocycles. The van der Waals surface area contributed by atoms with Crippen LogP contribution in [0.1, 0.15) is 31.8 Å². The van der Waals surface area contributed by atoms with Gasteiger partial charge in [0.05, 0.1) is 16.8 Å². The van der Waals surface area contributed by atoms with Crippen LogP contribution >= 0.6 is 11.6 Å². The van der Waals surface area contributed by atoms with Crippen molar-refractivity contribution in [3.8, 4) is 5.75 Å². The maximum atomic E-state index is 12.8. The van der Waals surface area contributed by atoms with Crippen LogP contribution in [0.25, 0.3) is 0 Å². The highest BCUT2D eigenvalue weighted by molar-refractivity contribution is 6.36. The van der Waals surface area contributed by atoms with Gasteiger partial charge < -0.3 is 10.1 Å². The highest BCUT2D eigenvalue weighted by Crippen LogP contribution is 2.33. The second kappa shape index (κ2) is 8.24. The molecule has 0 aliphatic carbocycles. The standard InChI is InChI=1S/C24H19ClN2O4/c1-14-4-3-5-18(10-14)31-13-22(28)26-17-7-9-21(15(2)11-17)27-23(29)19-8-6-16(25)12-20(19)24(27)30/h3-12H,13H2,1-2H3,(H,26,28). The molecule has 0 aromatic heterocycles. The van der Waals surface area contributed by atoms with Crippen molar-refractivity contribution in [3.63, 3.8) is 0 Å². The van der Waals surface area contributed by atoms with E-state index in [0.29, 0.717) is 33.3 Å². The molecule has 3 amide bonds. The monoisotopic (exact) mass is 434 g/mol. The quantitative estimate of drug-likeness (QED) is 0.586. The van der Waals surface area contributed by atoms with Gasteiger partial charge in [0.1, 0.15) is 5.75 Å². The minimum atomic E-state index is -0.422. The molecule has 31 heavy (non-hydrogen) atoms. The third kappa shape index (κ3) is 4.15. The molecule has 6 nitrogen and oxygen atoms in total. The first-order chi connectivity index (χ1) is 14.8. The average molecular weight is 435 g/mol. The lowest BCUT2D eigenvalue weighted by Gasteiger charge is -2.17. The molecule has 0 saturated carbocycles. The molecule has 0 fully saturated rings. The second-order valence-electron chi connectivity index (χ2n) is 7.29. The molecule has 0 radical (unpaired) electrons. The van der Waals surface area contributed by atoms with Gasteiger partial charge in [0.25, 0.3) is 17.7 Å². The van der Waals surface area contributed by atoms with E-state index in [9.17, 15) is 14.4 Å². The van der Waals surface area contributed by atoms with Crippen LogP contribution in [0.3, 0.4) is 0 Å². The zero-order valence-electron chi connectivity index (χ0n) is 16.9. The molecule has 156 valence electrons. The van der Waals surface area contributed by atoms with Crippen molar-refractivity contribution in [2.24, 2.45) is 0 Å². The molecule has 7 heteroatoms. The minimum absolute atomic E-state index is 0.135. The van der Waals surface area contributed by atoms with E-state index >= 15 is 0 Å². The van der Waals surface area contributed by atoms with Crippen molar-refractivity contribution < 1.29 is 19.1 Å². The average Bonchev–Trinajstić information content (AvgIpc) is 2.97. The Labute approximate surface area is 184 Å². The summed E-state index contributed by atoms with van der Waals surface area (Å²) in [6.45, 7) is 3.58. The number of anilines is 2. The fraction of sp³-hybridized carbons (Fsp3) is 0.125. The lowest BCUT2D eigenvalue weighted by atomic mass is 10.1. The van der Waals surface area contributed by atoms with Crippen LogP contribution in [0.2, 0.25) is 5.02 Å². The van der Waals surface area contributed by atoms with Gasteiger partial charge in [-0.3, -0.25) is 14.4 Å². The molecule has 1 N–H and O–H groups in total. The number of hydrogen-bond acceptors (Lipinski definition) is 4. The van der Waals surface area contributed by atoms with Crippen LogP contribution < -0.4 is 15.0 Å². The molecule has 0 bridgehead atoms. The molecule has 0 spiro atoms. The van der Waals surface area contributed by atoms with Crippen LogP contribution in [-0.2, 0) is 4.79 Å². The number of rotatable bonds is 5. The minimum Gasteiger partial charge on any atom is -0.484 e. The van der Waals surface area contributed by atoms with Gasteiger partial charge in [-0.15, -0.1) is 0 Å². The van der Waals surface area contributed by atoms with Gasteiger partial charge in [-0.05, 0) is 73.5 Å². The Hall–Kier alpha value is -3.64. The largest absolute Gasteiger partial charge is 0.484 e. The van der Waals surface area contributed by atoms with Gasteiger partial charge in [0.15, 0.2) is 6.61 Å². The predicted molar refractivity (Wildman–Crippen MR) is 119 cm³/mol. The SMILES string of the molecule is Cc1cccc(OCC(=O)Nc2ccc(N3C(=O)c4ccc(Cl)cc4C3=O)c(C)c2)c1. The number of fused-ring (bicyclic) bond motifs is 1. The number of amides is 3. The summed E-state index contributed by atoms with van der Waals surface area (Å²) in [6.07, 6.45) is 0. The molecule has 0 saturated heterocycles. The first kappa shape index (κ1) is 20.6. The topological polar surface area (TPSA) is 75.7 Å². The van der Waals surface area contributed by atoms with Crippen molar-refractivity contribution in [2.45, 2.75) is 13.8 Å². The maximum absolute atomic E-state index is 12.8. The van der Waals surface area contributed by atoms with Crippen LogP contribution in [0.15, 0.2) is 60.7 Å². The van der Waals surface area contributed by atoms with E-state index in [-0.39, 0.29) is 18.1 Å². The molecular weight excluding hydrogens is 416 g/mol. The molecule has 0 unspecified atom stereocenters. The van der Waals surface area contributed by atoms with Crippen molar-refractivity contribution in [1.29, 1.82) is 0 Å². The van der Waals surface area contributed by atoms with Crippen molar-refractivity contribution >= 4 is 40.7 Å². The van der Waals surface area contributed by atoms with Gasteiger partial charge in [-0.1, -0.05) is 23.7 Å². The normalized spacial score (nSPS) is 12.7. The molecule has 1 aliphatic heterocycles. The summed E-state index contributed by atoms with van der Waals surface area (Å²) in [6, 6.07) is 17.0. The van der Waals surface area contributed by atoms with Crippen molar-refractivity contribution in [2.75, 3.05) is 16.8 Å². The van der Waals surface area contributed by atoms with Crippen molar-refractivity contribution in [3.05, 3.63) is 87.9 Å². The fourth-order valence-electron chi connectivity index (χ4n) is 3.47. The first-order valence-corrected chi connectivity index (χ1v) is 9.99. The molecule has 1 aliphatic rings. The number of nitrogens with zero attached hydrogens (tertiary/aromatic N) is 1. The predicted octanol–water partition coefficient (Wildman–Crippen LogP) is 4.77. The number of imide groups is 1. The molecule has 0 atom stereocenters. The maximum Gasteiger partial charge on any atom is 0.266 e. The van der Waals surface area contributed by atoms with Crippen LogP contribution in [0.5, 0.6) is 5.75 Å². The summed E-state index contributed by atoms with van der Waals surface area (Å²) in [5, 5.41) is 3.16. The van der Waals surface area contributed by atoms with Gasteiger partial charge in [-0.25, -0.2) is 4.90 Å². The summed E-state index contributed by atoms with van der Waals surface area (Å²) >= 11 is 5.97. The number of halogens is 1. The van der Waals surface area contributed by atoms with E-state index in [1.807, 2.05) is 25.1 Å². The zero-order valence-corrected chi connectivity index (χ0v) is 17.7. The van der Waals surface area contributed by atoms with Gasteiger partial charge in [-0.2, -0.15) is 0 Å². The van der Waals surface area contributed by atoms with Crippen LogP contribution in [-0.4, -0.2) is 24.3 Å². The third-order valence-corrected chi connectivity index (χ3v) is 5.16. The molecule has 4 rings (SSSR count). The summed E-state index contributed by atoms with van der Waals surface area (Å²) < 4.78 is 5.51. The number of hydrogen-bond donors (Lipinski definition) is 1. The number of carbonyl (C=O) groups excluding carboxylic acids is 3.